The van der Waals surface area contributed by atoms with Gasteiger partial charge in [-0.2, -0.15) is 0 Å². The van der Waals surface area contributed by atoms with E-state index in [4.69, 9.17) is 20.7 Å². The number of hydrogen-bond acceptors (Lipinski definition) is 2. The highest BCUT2D eigenvalue weighted by atomic mass is 15.0. The summed E-state index contributed by atoms with van der Waals surface area (Å²) in [6, 6.07) is 51.9. The van der Waals surface area contributed by atoms with E-state index in [0.717, 1.165) is 49.9 Å². The first kappa shape index (κ1) is 32.4. The van der Waals surface area contributed by atoms with Gasteiger partial charge in [-0.15, -0.1) is 0 Å². The first-order valence-electron chi connectivity index (χ1n) is 17.5. The van der Waals surface area contributed by atoms with Crippen molar-refractivity contribution in [3.63, 3.8) is 0 Å². The molecular formula is C47H37N5. The Bertz CT molecular complexity index is 2650. The van der Waals surface area contributed by atoms with Crippen LogP contribution in [0.1, 0.15) is 40.6 Å². The summed E-state index contributed by atoms with van der Waals surface area (Å²) in [5.74, 6) is 0.860. The van der Waals surface area contributed by atoms with Crippen LogP contribution in [-0.4, -0.2) is 21.2 Å². The number of nitrogens with zero attached hydrogens (tertiary/aromatic N) is 4. The molecule has 0 fully saturated rings. The molecule has 0 saturated heterocycles. The van der Waals surface area contributed by atoms with Crippen molar-refractivity contribution in [2.45, 2.75) is 13.5 Å². The maximum Gasteiger partial charge on any atom is 0.175 e. The fraction of sp³-hybridized carbons (Fsp3) is 0.0426. The summed E-state index contributed by atoms with van der Waals surface area (Å²) in [5.41, 5.74) is 14.6. The maximum atomic E-state index is 6.68. The van der Waals surface area contributed by atoms with Crippen molar-refractivity contribution < 1.29 is 0 Å². The zero-order valence-corrected chi connectivity index (χ0v) is 28.9. The lowest BCUT2D eigenvalue weighted by Gasteiger charge is -2.11. The van der Waals surface area contributed by atoms with E-state index in [0.29, 0.717) is 23.9 Å². The molecule has 2 N–H and O–H groups in total. The third-order valence-corrected chi connectivity index (χ3v) is 9.26. The second-order valence-corrected chi connectivity index (χ2v) is 12.6. The Balaban J connectivity index is 1.26. The third kappa shape index (κ3) is 6.55. The molecule has 0 unspecified atom stereocenters. The van der Waals surface area contributed by atoms with E-state index < -0.39 is 0 Å². The van der Waals surface area contributed by atoms with Crippen LogP contribution >= 0.6 is 0 Å². The molecular weight excluding hydrogens is 635 g/mol. The van der Waals surface area contributed by atoms with E-state index in [1.807, 2.05) is 54.7 Å². The topological polar surface area (TPSA) is 68.6 Å². The second kappa shape index (κ2) is 14.6. The van der Waals surface area contributed by atoms with Crippen LogP contribution in [-0.2, 0) is 6.54 Å². The quantitative estimate of drug-likeness (QED) is 0.129. The zero-order chi connectivity index (χ0) is 35.3. The van der Waals surface area contributed by atoms with Crippen LogP contribution in [0.4, 0.5) is 0 Å². The lowest BCUT2D eigenvalue weighted by molar-refractivity contribution is 1.05. The molecule has 0 aliphatic heterocycles. The van der Waals surface area contributed by atoms with Gasteiger partial charge in [0.1, 0.15) is 11.5 Å². The van der Waals surface area contributed by atoms with Crippen LogP contribution in [0.3, 0.4) is 0 Å². The molecule has 8 rings (SSSR count). The molecule has 8 aromatic rings. The molecule has 0 amide bonds. The Kier molecular flexibility index (Phi) is 9.06. The van der Waals surface area contributed by atoms with E-state index in [2.05, 4.69) is 139 Å². The van der Waals surface area contributed by atoms with E-state index >= 15 is 0 Å². The van der Waals surface area contributed by atoms with Crippen molar-refractivity contribution >= 4 is 62.3 Å². The standard InChI is InChI=1S/C47H37N5/c1-2-13-41-43(28-22-33-14-5-3-6-15-33)52(44-29-25-36-19-11-12-21-40(36)45(41)44)39-26-27-42(49-32-39)47(50-31-34-16-7-4-8-17-34)51-46(48)38-24-23-35-18-9-10-20-37(35)30-38/h2-30,32H,31H2,1H3,(H2,48,50,51)/b13-2-,28-22+. The van der Waals surface area contributed by atoms with E-state index in [1.165, 1.54) is 16.2 Å². The molecule has 0 aliphatic carbocycles. The molecule has 0 saturated carbocycles. The highest BCUT2D eigenvalue weighted by Crippen LogP contribution is 2.37. The van der Waals surface area contributed by atoms with Crippen LogP contribution in [0.15, 0.2) is 174 Å². The molecule has 52 heavy (non-hydrogen) atoms. The number of pyridine rings is 1. The molecule has 0 radical (unpaired) electrons. The van der Waals surface area contributed by atoms with Crippen molar-refractivity contribution in [3.05, 3.63) is 198 Å². The van der Waals surface area contributed by atoms with Crippen molar-refractivity contribution in [2.24, 2.45) is 15.7 Å². The van der Waals surface area contributed by atoms with Gasteiger partial charge < -0.3 is 10.3 Å². The van der Waals surface area contributed by atoms with Crippen LogP contribution < -0.4 is 5.73 Å². The SMILES string of the molecule is C/C=C\c1c(/C=C/c2ccccc2)n(-c2ccc(C(N=C(N)c3ccc4ccccc4c3)=NCc3ccccc3)nc2)c2ccc3ccccc3c12. The maximum absolute atomic E-state index is 6.68. The minimum atomic E-state index is 0.385. The van der Waals surface area contributed by atoms with Gasteiger partial charge in [0.2, 0.25) is 0 Å². The molecule has 6 aromatic carbocycles. The summed E-state index contributed by atoms with van der Waals surface area (Å²) in [5, 5.41) is 5.86. The number of amidine groups is 2. The number of nitrogens with two attached hydrogens (primary N) is 1. The van der Waals surface area contributed by atoms with E-state index in [-0.39, 0.29) is 0 Å². The fourth-order valence-corrected chi connectivity index (χ4v) is 6.73. The van der Waals surface area contributed by atoms with Gasteiger partial charge in [-0.05, 0) is 69.9 Å². The van der Waals surface area contributed by atoms with Gasteiger partial charge in [0.25, 0.3) is 0 Å². The summed E-state index contributed by atoms with van der Waals surface area (Å²) >= 11 is 0. The number of rotatable bonds is 8. The minimum absolute atomic E-state index is 0.385. The number of hydrogen-bond donors (Lipinski definition) is 1. The number of allylic oxidation sites excluding steroid dienone is 1. The third-order valence-electron chi connectivity index (χ3n) is 9.26. The molecule has 0 atom stereocenters. The summed E-state index contributed by atoms with van der Waals surface area (Å²) in [7, 11) is 0. The van der Waals surface area contributed by atoms with Crippen molar-refractivity contribution in [3.8, 4) is 5.69 Å². The molecule has 5 nitrogen and oxygen atoms in total. The van der Waals surface area contributed by atoms with Crippen LogP contribution in [0.2, 0.25) is 0 Å². The van der Waals surface area contributed by atoms with Gasteiger partial charge in [-0.3, -0.25) is 9.98 Å². The number of fused-ring (bicyclic) bond motifs is 4. The van der Waals surface area contributed by atoms with Gasteiger partial charge >= 0.3 is 0 Å². The van der Waals surface area contributed by atoms with Crippen molar-refractivity contribution in [1.82, 2.24) is 9.55 Å². The lowest BCUT2D eigenvalue weighted by Crippen LogP contribution is -2.17. The normalized spacial score (nSPS) is 12.6. The van der Waals surface area contributed by atoms with Crippen LogP contribution in [0.25, 0.3) is 56.4 Å². The van der Waals surface area contributed by atoms with Gasteiger partial charge in [0.15, 0.2) is 5.84 Å². The zero-order valence-electron chi connectivity index (χ0n) is 28.9. The molecule has 250 valence electrons. The summed E-state index contributed by atoms with van der Waals surface area (Å²) in [6.45, 7) is 2.51. The van der Waals surface area contributed by atoms with Crippen molar-refractivity contribution in [1.29, 1.82) is 0 Å². The van der Waals surface area contributed by atoms with Gasteiger partial charge in [0, 0.05) is 16.5 Å². The fourth-order valence-electron chi connectivity index (χ4n) is 6.73. The largest absolute Gasteiger partial charge is 0.383 e. The first-order chi connectivity index (χ1) is 25.7. The molecule has 5 heteroatoms. The monoisotopic (exact) mass is 671 g/mol. The lowest BCUT2D eigenvalue weighted by atomic mass is 10.0. The summed E-state index contributed by atoms with van der Waals surface area (Å²) < 4.78 is 2.29. The highest BCUT2D eigenvalue weighted by molar-refractivity contribution is 6.13. The summed E-state index contributed by atoms with van der Waals surface area (Å²) in [6.07, 6.45) is 10.6. The van der Waals surface area contributed by atoms with Gasteiger partial charge in [-0.25, -0.2) is 4.99 Å². The second-order valence-electron chi connectivity index (χ2n) is 12.6. The summed E-state index contributed by atoms with van der Waals surface area (Å²) in [4.78, 5) is 14.8. The predicted octanol–water partition coefficient (Wildman–Crippen LogP) is 10.9. The van der Waals surface area contributed by atoms with E-state index in [9.17, 15) is 0 Å². The number of aliphatic imine (C=N–C) groups is 2. The average molecular weight is 672 g/mol. The smallest absolute Gasteiger partial charge is 0.175 e. The van der Waals surface area contributed by atoms with Gasteiger partial charge in [0.05, 0.1) is 29.6 Å². The Morgan fingerprint density at radius 1 is 0.692 bits per heavy atom. The molecule has 2 heterocycles. The van der Waals surface area contributed by atoms with Crippen LogP contribution in [0.5, 0.6) is 0 Å². The first-order valence-corrected chi connectivity index (χ1v) is 17.5. The Morgan fingerprint density at radius 3 is 2.17 bits per heavy atom. The number of aromatic nitrogens is 2. The molecule has 0 spiro atoms. The number of benzene rings is 6. The van der Waals surface area contributed by atoms with Gasteiger partial charge in [-0.1, -0.05) is 146 Å². The Labute approximate surface area is 303 Å². The Hall–Kier alpha value is -6.85. The highest BCUT2D eigenvalue weighted by Gasteiger charge is 2.18. The predicted molar refractivity (Wildman–Crippen MR) is 220 cm³/mol. The molecule has 0 aliphatic rings. The average Bonchev–Trinajstić information content (AvgIpc) is 3.52. The van der Waals surface area contributed by atoms with Crippen LogP contribution in [0, 0.1) is 0 Å². The Morgan fingerprint density at radius 2 is 1.40 bits per heavy atom. The molecule has 2 aromatic heterocycles. The van der Waals surface area contributed by atoms with Crippen molar-refractivity contribution in [2.75, 3.05) is 0 Å². The minimum Gasteiger partial charge on any atom is -0.383 e. The molecule has 0 bridgehead atoms. The van der Waals surface area contributed by atoms with E-state index in [1.54, 1.807) is 0 Å².